The smallest absolute Gasteiger partial charge is 0.251 e. The zero-order valence-electron chi connectivity index (χ0n) is 11.9. The van der Waals surface area contributed by atoms with Crippen molar-refractivity contribution in [2.75, 3.05) is 11.9 Å². The van der Waals surface area contributed by atoms with Crippen molar-refractivity contribution in [2.24, 2.45) is 0 Å². The minimum absolute atomic E-state index is 0.0702. The molecular formula is C18H17NO2. The SMILES string of the molecule is Cc1ccc(NC(=O)C2=Cc3ccccc3OCC2)cc1. The van der Waals surface area contributed by atoms with Gasteiger partial charge in [0.1, 0.15) is 5.75 Å². The van der Waals surface area contributed by atoms with Gasteiger partial charge in [0.15, 0.2) is 0 Å². The number of anilines is 1. The normalized spacial score (nSPS) is 13.5. The van der Waals surface area contributed by atoms with Gasteiger partial charge in [0.05, 0.1) is 6.61 Å². The van der Waals surface area contributed by atoms with E-state index in [0.717, 1.165) is 22.6 Å². The lowest BCUT2D eigenvalue weighted by molar-refractivity contribution is -0.113. The Kier molecular flexibility index (Phi) is 3.73. The lowest BCUT2D eigenvalue weighted by atomic mass is 10.1. The summed E-state index contributed by atoms with van der Waals surface area (Å²) < 4.78 is 5.66. The summed E-state index contributed by atoms with van der Waals surface area (Å²) in [6, 6.07) is 15.5. The average molecular weight is 279 g/mol. The molecule has 0 spiro atoms. The molecule has 3 nitrogen and oxygen atoms in total. The third-order valence-electron chi connectivity index (χ3n) is 3.48. The van der Waals surface area contributed by atoms with Gasteiger partial charge in [-0.1, -0.05) is 35.9 Å². The molecule has 3 rings (SSSR count). The number of carbonyl (C=O) groups is 1. The van der Waals surface area contributed by atoms with Crippen LogP contribution >= 0.6 is 0 Å². The van der Waals surface area contributed by atoms with Crippen LogP contribution < -0.4 is 10.1 Å². The number of hydrogen-bond acceptors (Lipinski definition) is 2. The molecule has 1 N–H and O–H groups in total. The number of benzene rings is 2. The van der Waals surface area contributed by atoms with Crippen molar-refractivity contribution in [2.45, 2.75) is 13.3 Å². The quantitative estimate of drug-likeness (QED) is 0.908. The van der Waals surface area contributed by atoms with Crippen molar-refractivity contribution < 1.29 is 9.53 Å². The second kappa shape index (κ2) is 5.83. The lowest BCUT2D eigenvalue weighted by Gasteiger charge is -2.07. The van der Waals surface area contributed by atoms with Gasteiger partial charge in [-0.15, -0.1) is 0 Å². The van der Waals surface area contributed by atoms with E-state index >= 15 is 0 Å². The number of aryl methyl sites for hydroxylation is 1. The van der Waals surface area contributed by atoms with Crippen LogP contribution in [0.1, 0.15) is 17.5 Å². The average Bonchev–Trinajstić information content (AvgIpc) is 2.72. The summed E-state index contributed by atoms with van der Waals surface area (Å²) in [5.74, 6) is 0.759. The summed E-state index contributed by atoms with van der Waals surface area (Å²) in [7, 11) is 0. The van der Waals surface area contributed by atoms with Gasteiger partial charge in [-0.25, -0.2) is 0 Å². The summed E-state index contributed by atoms with van der Waals surface area (Å²) in [6.45, 7) is 2.54. The van der Waals surface area contributed by atoms with Gasteiger partial charge in [0, 0.05) is 23.2 Å². The first-order chi connectivity index (χ1) is 10.2. The first-order valence-corrected chi connectivity index (χ1v) is 7.03. The molecule has 0 saturated carbocycles. The van der Waals surface area contributed by atoms with Crippen molar-refractivity contribution >= 4 is 17.7 Å². The second-order valence-corrected chi connectivity index (χ2v) is 5.13. The Morgan fingerprint density at radius 3 is 2.67 bits per heavy atom. The molecule has 0 aliphatic carbocycles. The van der Waals surface area contributed by atoms with Gasteiger partial charge < -0.3 is 10.1 Å². The zero-order valence-corrected chi connectivity index (χ0v) is 11.9. The van der Waals surface area contributed by atoms with Crippen molar-refractivity contribution in [3.8, 4) is 5.75 Å². The predicted octanol–water partition coefficient (Wildman–Crippen LogP) is 3.80. The van der Waals surface area contributed by atoms with Crippen molar-refractivity contribution in [3.05, 3.63) is 65.2 Å². The van der Waals surface area contributed by atoms with E-state index in [1.165, 1.54) is 5.56 Å². The maximum Gasteiger partial charge on any atom is 0.251 e. The molecule has 21 heavy (non-hydrogen) atoms. The van der Waals surface area contributed by atoms with Gasteiger partial charge in [0.25, 0.3) is 5.91 Å². The highest BCUT2D eigenvalue weighted by atomic mass is 16.5. The Morgan fingerprint density at radius 1 is 1.10 bits per heavy atom. The van der Waals surface area contributed by atoms with Crippen LogP contribution in [-0.4, -0.2) is 12.5 Å². The van der Waals surface area contributed by atoms with E-state index in [0.29, 0.717) is 13.0 Å². The predicted molar refractivity (Wildman–Crippen MR) is 84.3 cm³/mol. The van der Waals surface area contributed by atoms with Crippen LogP contribution in [0.15, 0.2) is 54.1 Å². The number of hydrogen-bond donors (Lipinski definition) is 1. The van der Waals surface area contributed by atoms with Crippen LogP contribution in [0.25, 0.3) is 6.08 Å². The number of ether oxygens (including phenoxy) is 1. The molecule has 2 aromatic rings. The summed E-state index contributed by atoms with van der Waals surface area (Å²) in [5, 5.41) is 2.93. The highest BCUT2D eigenvalue weighted by molar-refractivity contribution is 6.07. The van der Waals surface area contributed by atoms with E-state index < -0.39 is 0 Å². The molecule has 0 atom stereocenters. The van der Waals surface area contributed by atoms with Crippen LogP contribution in [0, 0.1) is 6.92 Å². The first-order valence-electron chi connectivity index (χ1n) is 7.03. The topological polar surface area (TPSA) is 38.3 Å². The second-order valence-electron chi connectivity index (χ2n) is 5.13. The Bertz CT molecular complexity index is 687. The molecule has 1 aliphatic rings. The molecule has 0 fully saturated rings. The van der Waals surface area contributed by atoms with Crippen LogP contribution in [0.2, 0.25) is 0 Å². The van der Waals surface area contributed by atoms with Crippen LogP contribution in [0.4, 0.5) is 5.69 Å². The maximum absolute atomic E-state index is 12.4. The van der Waals surface area contributed by atoms with Crippen molar-refractivity contribution in [1.82, 2.24) is 0 Å². The molecule has 0 unspecified atom stereocenters. The third kappa shape index (κ3) is 3.14. The highest BCUT2D eigenvalue weighted by Crippen LogP contribution is 2.26. The van der Waals surface area contributed by atoms with Gasteiger partial charge in [-0.3, -0.25) is 4.79 Å². The van der Waals surface area contributed by atoms with Gasteiger partial charge in [-0.2, -0.15) is 0 Å². The van der Waals surface area contributed by atoms with E-state index in [2.05, 4.69) is 5.32 Å². The summed E-state index contributed by atoms with van der Waals surface area (Å²) >= 11 is 0. The fraction of sp³-hybridized carbons (Fsp3) is 0.167. The number of carbonyl (C=O) groups excluding carboxylic acids is 1. The fourth-order valence-corrected chi connectivity index (χ4v) is 2.29. The molecule has 0 saturated heterocycles. The Hall–Kier alpha value is -2.55. The third-order valence-corrected chi connectivity index (χ3v) is 3.48. The molecule has 1 amide bonds. The van der Waals surface area contributed by atoms with Crippen molar-refractivity contribution in [3.63, 3.8) is 0 Å². The standard InChI is InChI=1S/C18H17NO2/c1-13-6-8-16(9-7-13)19-18(20)15-10-11-21-17-5-3-2-4-14(17)12-15/h2-9,12H,10-11H2,1H3,(H,19,20). The zero-order chi connectivity index (χ0) is 14.7. The number of rotatable bonds is 2. The van der Waals surface area contributed by atoms with Crippen LogP contribution in [0.3, 0.4) is 0 Å². The Morgan fingerprint density at radius 2 is 1.86 bits per heavy atom. The number of para-hydroxylation sites is 1. The number of nitrogens with one attached hydrogen (secondary N) is 1. The van der Waals surface area contributed by atoms with E-state index in [1.54, 1.807) is 0 Å². The van der Waals surface area contributed by atoms with E-state index in [9.17, 15) is 4.79 Å². The summed E-state index contributed by atoms with van der Waals surface area (Å²) in [6.07, 6.45) is 2.51. The fourth-order valence-electron chi connectivity index (χ4n) is 2.29. The highest BCUT2D eigenvalue weighted by Gasteiger charge is 2.15. The van der Waals surface area contributed by atoms with Crippen molar-refractivity contribution in [1.29, 1.82) is 0 Å². The number of amides is 1. The monoisotopic (exact) mass is 279 g/mol. The number of fused-ring (bicyclic) bond motifs is 1. The van der Waals surface area contributed by atoms with Gasteiger partial charge in [-0.05, 0) is 31.2 Å². The molecule has 1 heterocycles. The molecule has 2 aromatic carbocycles. The molecular weight excluding hydrogens is 262 g/mol. The molecule has 0 radical (unpaired) electrons. The Balaban J connectivity index is 1.81. The van der Waals surface area contributed by atoms with Crippen LogP contribution in [0.5, 0.6) is 5.75 Å². The van der Waals surface area contributed by atoms with E-state index in [1.807, 2.05) is 61.5 Å². The largest absolute Gasteiger partial charge is 0.493 e. The molecule has 106 valence electrons. The van der Waals surface area contributed by atoms with Crippen LogP contribution in [-0.2, 0) is 4.79 Å². The van der Waals surface area contributed by atoms with Gasteiger partial charge >= 0.3 is 0 Å². The molecule has 1 aliphatic heterocycles. The summed E-state index contributed by atoms with van der Waals surface area (Å²) in [4.78, 5) is 12.4. The first kappa shape index (κ1) is 13.4. The van der Waals surface area contributed by atoms with E-state index in [4.69, 9.17) is 4.74 Å². The van der Waals surface area contributed by atoms with E-state index in [-0.39, 0.29) is 5.91 Å². The molecule has 3 heteroatoms. The minimum Gasteiger partial charge on any atom is -0.493 e. The minimum atomic E-state index is -0.0702. The summed E-state index contributed by atoms with van der Waals surface area (Å²) in [5.41, 5.74) is 3.67. The maximum atomic E-state index is 12.4. The van der Waals surface area contributed by atoms with Gasteiger partial charge in [0.2, 0.25) is 0 Å². The Labute approximate surface area is 124 Å². The molecule has 0 aromatic heterocycles. The molecule has 0 bridgehead atoms. The lowest BCUT2D eigenvalue weighted by Crippen LogP contribution is -2.15.